The summed E-state index contributed by atoms with van der Waals surface area (Å²) in [6.45, 7) is 4.41. The average molecular weight is 234 g/mol. The van der Waals surface area contributed by atoms with Crippen LogP contribution in [0.3, 0.4) is 0 Å². The van der Waals surface area contributed by atoms with Crippen LogP contribution >= 0.6 is 0 Å². The van der Waals surface area contributed by atoms with Gasteiger partial charge in [0.1, 0.15) is 0 Å². The van der Waals surface area contributed by atoms with Crippen molar-refractivity contribution in [2.24, 2.45) is 0 Å². The summed E-state index contributed by atoms with van der Waals surface area (Å²) < 4.78 is 0. The highest BCUT2D eigenvalue weighted by Gasteiger charge is 2.35. The van der Waals surface area contributed by atoms with Crippen LogP contribution in [0, 0.1) is 0 Å². The van der Waals surface area contributed by atoms with Crippen molar-refractivity contribution in [1.82, 2.24) is 20.2 Å². The molecule has 0 aromatic carbocycles. The van der Waals surface area contributed by atoms with Crippen LogP contribution in [0.15, 0.2) is 12.5 Å². The topological polar surface area (TPSA) is 44.0 Å². The number of hydrogen-bond donors (Lipinski definition) is 2. The maximum atomic E-state index is 4.10. The summed E-state index contributed by atoms with van der Waals surface area (Å²) in [6, 6.07) is 2.30. The van der Waals surface area contributed by atoms with Gasteiger partial charge >= 0.3 is 0 Å². The van der Waals surface area contributed by atoms with Gasteiger partial charge in [0.25, 0.3) is 0 Å². The van der Waals surface area contributed by atoms with Crippen molar-refractivity contribution < 1.29 is 0 Å². The van der Waals surface area contributed by atoms with Crippen LogP contribution in [0.5, 0.6) is 0 Å². The first-order valence-electron chi connectivity index (χ1n) is 6.82. The zero-order valence-electron chi connectivity index (χ0n) is 10.5. The van der Waals surface area contributed by atoms with E-state index in [4.69, 9.17) is 0 Å². The zero-order chi connectivity index (χ0) is 11.7. The number of rotatable bonds is 4. The number of hydrogen-bond acceptors (Lipinski definition) is 3. The van der Waals surface area contributed by atoms with Gasteiger partial charge in [-0.1, -0.05) is 6.92 Å². The summed E-state index contributed by atoms with van der Waals surface area (Å²) in [7, 11) is 0. The summed E-state index contributed by atoms with van der Waals surface area (Å²) >= 11 is 0. The zero-order valence-corrected chi connectivity index (χ0v) is 10.5. The molecule has 2 N–H and O–H groups in total. The summed E-state index contributed by atoms with van der Waals surface area (Å²) in [4.78, 5) is 9.91. The average Bonchev–Trinajstić information content (AvgIpc) is 2.96. The third kappa shape index (κ3) is 2.38. The molecular weight excluding hydrogens is 212 g/mol. The van der Waals surface area contributed by atoms with E-state index < -0.39 is 0 Å². The van der Waals surface area contributed by atoms with Crippen molar-refractivity contribution in [2.45, 2.75) is 57.3 Å². The molecule has 2 aliphatic heterocycles. The first-order valence-corrected chi connectivity index (χ1v) is 6.82. The lowest BCUT2D eigenvalue weighted by Crippen LogP contribution is -2.47. The van der Waals surface area contributed by atoms with Gasteiger partial charge in [-0.25, -0.2) is 4.98 Å². The van der Waals surface area contributed by atoms with Crippen molar-refractivity contribution in [3.63, 3.8) is 0 Å². The van der Waals surface area contributed by atoms with Crippen molar-refractivity contribution in [3.8, 4) is 0 Å². The summed E-state index contributed by atoms with van der Waals surface area (Å²) in [5, 5.41) is 3.71. The van der Waals surface area contributed by atoms with Gasteiger partial charge in [0, 0.05) is 36.6 Å². The van der Waals surface area contributed by atoms with Crippen LogP contribution in [0.2, 0.25) is 0 Å². The highest BCUT2D eigenvalue weighted by molar-refractivity contribution is 4.99. The molecule has 1 aromatic rings. The fourth-order valence-corrected chi connectivity index (χ4v) is 3.41. The van der Waals surface area contributed by atoms with Crippen LogP contribution in [0.1, 0.15) is 38.3 Å². The van der Waals surface area contributed by atoms with Gasteiger partial charge in [-0.05, 0) is 32.2 Å². The molecule has 94 valence electrons. The summed E-state index contributed by atoms with van der Waals surface area (Å²) in [5.74, 6) is 0. The molecule has 0 spiro atoms. The molecule has 4 heteroatoms. The molecule has 17 heavy (non-hydrogen) atoms. The lowest BCUT2D eigenvalue weighted by molar-refractivity contribution is 0.139. The third-order valence-electron chi connectivity index (χ3n) is 4.30. The highest BCUT2D eigenvalue weighted by Crippen LogP contribution is 2.30. The summed E-state index contributed by atoms with van der Waals surface area (Å²) in [5.41, 5.74) is 1.23. The fraction of sp³-hybridized carbons (Fsp3) is 0.769. The van der Waals surface area contributed by atoms with E-state index in [0.29, 0.717) is 0 Å². The Morgan fingerprint density at radius 2 is 2.12 bits per heavy atom. The van der Waals surface area contributed by atoms with Gasteiger partial charge in [0.15, 0.2) is 0 Å². The Hall–Kier alpha value is -0.870. The molecule has 0 saturated carbocycles. The Kier molecular flexibility index (Phi) is 3.16. The van der Waals surface area contributed by atoms with Crippen molar-refractivity contribution in [3.05, 3.63) is 18.2 Å². The van der Waals surface area contributed by atoms with E-state index in [-0.39, 0.29) is 0 Å². The van der Waals surface area contributed by atoms with E-state index in [9.17, 15) is 0 Å². The minimum Gasteiger partial charge on any atom is -0.347 e. The second kappa shape index (κ2) is 4.78. The standard InChI is InChI=1S/C13H22N4/c1-2-17(8-12-7-14-9-15-12)13-5-10-3-4-11(6-13)16-10/h7,9-11,13,16H,2-6,8H2,1H3,(H,14,15). The summed E-state index contributed by atoms with van der Waals surface area (Å²) in [6.07, 6.45) is 9.11. The molecule has 2 fully saturated rings. The molecule has 2 saturated heterocycles. The van der Waals surface area contributed by atoms with Crippen molar-refractivity contribution in [1.29, 1.82) is 0 Å². The lowest BCUT2D eigenvalue weighted by Gasteiger charge is -2.37. The van der Waals surface area contributed by atoms with Crippen molar-refractivity contribution in [2.75, 3.05) is 6.54 Å². The van der Waals surface area contributed by atoms with E-state index in [2.05, 4.69) is 27.1 Å². The molecule has 0 aliphatic carbocycles. The molecule has 3 rings (SSSR count). The number of nitrogens with one attached hydrogen (secondary N) is 2. The number of aromatic nitrogens is 2. The molecule has 0 radical (unpaired) electrons. The Morgan fingerprint density at radius 3 is 2.71 bits per heavy atom. The highest BCUT2D eigenvalue weighted by atomic mass is 15.2. The number of piperidine rings is 1. The van der Waals surface area contributed by atoms with Gasteiger partial charge in [0.2, 0.25) is 0 Å². The molecular formula is C13H22N4. The number of aromatic amines is 1. The Bertz CT molecular complexity index is 336. The molecule has 2 aliphatic rings. The molecule has 0 amide bonds. The quantitative estimate of drug-likeness (QED) is 0.830. The Morgan fingerprint density at radius 1 is 1.35 bits per heavy atom. The number of imidazole rings is 1. The first kappa shape index (κ1) is 11.2. The van der Waals surface area contributed by atoms with Gasteiger partial charge in [-0.3, -0.25) is 4.90 Å². The molecule has 2 unspecified atom stereocenters. The largest absolute Gasteiger partial charge is 0.347 e. The normalized spacial score (nSPS) is 32.2. The smallest absolute Gasteiger partial charge is 0.0922 e. The minimum absolute atomic E-state index is 0.752. The van der Waals surface area contributed by atoms with Gasteiger partial charge in [-0.15, -0.1) is 0 Å². The molecule has 4 nitrogen and oxygen atoms in total. The van der Waals surface area contributed by atoms with E-state index in [0.717, 1.165) is 31.2 Å². The third-order valence-corrected chi connectivity index (χ3v) is 4.30. The molecule has 3 heterocycles. The number of fused-ring (bicyclic) bond motifs is 2. The predicted molar refractivity (Wildman–Crippen MR) is 67.6 cm³/mol. The van der Waals surface area contributed by atoms with E-state index in [1.807, 2.05) is 6.20 Å². The van der Waals surface area contributed by atoms with Crippen LogP contribution < -0.4 is 5.32 Å². The first-order chi connectivity index (χ1) is 8.35. The van der Waals surface area contributed by atoms with E-state index in [1.54, 1.807) is 6.33 Å². The molecule has 2 bridgehead atoms. The minimum atomic E-state index is 0.752. The van der Waals surface area contributed by atoms with Crippen LogP contribution in [0.4, 0.5) is 0 Å². The second-order valence-electron chi connectivity index (χ2n) is 5.40. The van der Waals surface area contributed by atoms with Gasteiger partial charge < -0.3 is 10.3 Å². The Labute approximate surface area is 103 Å². The number of nitrogens with zero attached hydrogens (tertiary/aromatic N) is 2. The SMILES string of the molecule is CCN(Cc1cnc[nH]1)C1CC2CCC(C1)N2. The van der Waals surface area contributed by atoms with Crippen LogP contribution in [-0.4, -0.2) is 39.5 Å². The van der Waals surface area contributed by atoms with Gasteiger partial charge in [-0.2, -0.15) is 0 Å². The maximum Gasteiger partial charge on any atom is 0.0922 e. The Balaban J connectivity index is 1.64. The van der Waals surface area contributed by atoms with Crippen LogP contribution in [0.25, 0.3) is 0 Å². The van der Waals surface area contributed by atoms with E-state index in [1.165, 1.54) is 31.4 Å². The van der Waals surface area contributed by atoms with Crippen LogP contribution in [-0.2, 0) is 6.54 Å². The molecule has 1 aromatic heterocycles. The van der Waals surface area contributed by atoms with E-state index >= 15 is 0 Å². The fourth-order valence-electron chi connectivity index (χ4n) is 3.41. The second-order valence-corrected chi connectivity index (χ2v) is 5.40. The predicted octanol–water partition coefficient (Wildman–Crippen LogP) is 1.51. The lowest BCUT2D eigenvalue weighted by atomic mass is 9.98. The number of H-pyrrole nitrogens is 1. The monoisotopic (exact) mass is 234 g/mol. The maximum absolute atomic E-state index is 4.10. The molecule has 2 atom stereocenters. The van der Waals surface area contributed by atoms with Gasteiger partial charge in [0.05, 0.1) is 6.33 Å². The van der Waals surface area contributed by atoms with Crippen molar-refractivity contribution >= 4 is 0 Å².